The van der Waals surface area contributed by atoms with Gasteiger partial charge in [-0.15, -0.1) is 11.3 Å². The maximum absolute atomic E-state index is 14.0. The number of nitrogens with one attached hydrogen (secondary N) is 2. The standard InChI is InChI=1S/C32H41BrF3N7O3S/c33-24-17-20(16-23(28(24)37)32(34,35)36)18-26(29(44)41-11-4-21(5-12-41)40-9-2-1-3-10-40)39-30(45)42-13-6-22(7-14-42)43-19-27-25(8-15-47-27)38-31(43)46/h8,15-17,21-22,26H,1-7,9-14,18-19,37H2,(H,38,46)(H,39,45)/t26-/m1/s1. The van der Waals surface area contributed by atoms with E-state index in [2.05, 4.69) is 31.5 Å². The van der Waals surface area contributed by atoms with Crippen molar-refractivity contribution in [3.05, 3.63) is 44.1 Å². The number of rotatable bonds is 6. The molecule has 15 heteroatoms. The van der Waals surface area contributed by atoms with Crippen LogP contribution in [0.5, 0.6) is 0 Å². The van der Waals surface area contributed by atoms with Crippen molar-refractivity contribution in [1.29, 1.82) is 0 Å². The molecule has 5 heterocycles. The first-order valence-corrected chi connectivity index (χ1v) is 18.0. The van der Waals surface area contributed by atoms with Gasteiger partial charge in [0.05, 0.1) is 23.5 Å². The monoisotopic (exact) mass is 739 g/mol. The highest BCUT2D eigenvalue weighted by molar-refractivity contribution is 9.10. The van der Waals surface area contributed by atoms with Gasteiger partial charge in [-0.3, -0.25) is 4.79 Å². The lowest BCUT2D eigenvalue weighted by molar-refractivity contribution is -0.137. The maximum atomic E-state index is 14.0. The van der Waals surface area contributed by atoms with Gasteiger partial charge in [-0.1, -0.05) is 6.42 Å². The fraction of sp³-hybridized carbons (Fsp3) is 0.594. The molecule has 47 heavy (non-hydrogen) atoms. The smallest absolute Gasteiger partial charge is 0.397 e. The van der Waals surface area contributed by atoms with E-state index in [-0.39, 0.29) is 34.4 Å². The summed E-state index contributed by atoms with van der Waals surface area (Å²) in [6, 6.07) is 3.04. The Kier molecular flexibility index (Phi) is 10.2. The average molecular weight is 741 g/mol. The number of amides is 5. The Hall–Kier alpha value is -3.04. The molecule has 0 radical (unpaired) electrons. The van der Waals surface area contributed by atoms with E-state index in [4.69, 9.17) is 5.73 Å². The Bertz CT molecular complexity index is 1470. The molecular weight excluding hydrogens is 699 g/mol. The van der Waals surface area contributed by atoms with E-state index in [1.807, 2.05) is 16.3 Å². The van der Waals surface area contributed by atoms with E-state index < -0.39 is 29.5 Å². The molecule has 10 nitrogen and oxygen atoms in total. The van der Waals surface area contributed by atoms with Gasteiger partial charge in [0.15, 0.2) is 0 Å². The van der Waals surface area contributed by atoms with E-state index >= 15 is 0 Å². The minimum Gasteiger partial charge on any atom is -0.397 e. The Morgan fingerprint density at radius 1 is 1.00 bits per heavy atom. The lowest BCUT2D eigenvalue weighted by atomic mass is 9.97. The molecule has 256 valence electrons. The van der Waals surface area contributed by atoms with Gasteiger partial charge in [0, 0.05) is 54.0 Å². The lowest BCUT2D eigenvalue weighted by Crippen LogP contribution is -2.57. The summed E-state index contributed by atoms with van der Waals surface area (Å²) in [6.07, 6.45) is 1.60. The zero-order chi connectivity index (χ0) is 33.3. The molecule has 1 aromatic heterocycles. The van der Waals surface area contributed by atoms with Crippen LogP contribution >= 0.6 is 27.3 Å². The summed E-state index contributed by atoms with van der Waals surface area (Å²) >= 11 is 4.74. The molecule has 1 atom stereocenters. The zero-order valence-corrected chi connectivity index (χ0v) is 28.6. The van der Waals surface area contributed by atoms with E-state index in [1.165, 1.54) is 25.3 Å². The van der Waals surface area contributed by atoms with Crippen LogP contribution in [0.2, 0.25) is 0 Å². The number of fused-ring (bicyclic) bond motifs is 1. The summed E-state index contributed by atoms with van der Waals surface area (Å²) in [7, 11) is 0. The Morgan fingerprint density at radius 2 is 1.66 bits per heavy atom. The number of thiophene rings is 1. The van der Waals surface area contributed by atoms with Crippen LogP contribution in [0.15, 0.2) is 28.1 Å². The first kappa shape index (κ1) is 33.8. The van der Waals surface area contributed by atoms with Gasteiger partial charge < -0.3 is 36.0 Å². The number of piperidine rings is 3. The molecule has 6 rings (SSSR count). The number of hydrogen-bond acceptors (Lipinski definition) is 6. The third-order valence-electron chi connectivity index (χ3n) is 9.97. The van der Waals surface area contributed by atoms with Crippen LogP contribution in [-0.4, -0.2) is 95.0 Å². The van der Waals surface area contributed by atoms with Gasteiger partial charge in [-0.2, -0.15) is 13.2 Å². The number of nitrogens with two attached hydrogens (primary N) is 1. The molecule has 1 aromatic carbocycles. The second-order valence-corrected chi connectivity index (χ2v) is 14.8. The van der Waals surface area contributed by atoms with Crippen LogP contribution in [0.4, 0.5) is 34.1 Å². The predicted molar refractivity (Wildman–Crippen MR) is 178 cm³/mol. The van der Waals surface area contributed by atoms with Crippen molar-refractivity contribution in [2.45, 2.75) is 82.2 Å². The van der Waals surface area contributed by atoms with Gasteiger partial charge in [-0.05, 0) is 96.7 Å². The fourth-order valence-corrected chi connectivity index (χ4v) is 8.66. The summed E-state index contributed by atoms with van der Waals surface area (Å²) < 4.78 is 41.5. The minimum atomic E-state index is -4.68. The average Bonchev–Trinajstić information content (AvgIpc) is 3.52. The van der Waals surface area contributed by atoms with E-state index in [0.717, 1.165) is 42.6 Å². The van der Waals surface area contributed by atoms with Crippen molar-refractivity contribution in [3.8, 4) is 0 Å². The molecule has 5 amide bonds. The molecule has 4 N–H and O–H groups in total. The number of hydrogen-bond donors (Lipinski definition) is 3. The van der Waals surface area contributed by atoms with Crippen LogP contribution in [0.3, 0.4) is 0 Å². The number of anilines is 2. The Morgan fingerprint density at radius 3 is 2.34 bits per heavy atom. The molecule has 0 saturated carbocycles. The molecule has 0 aliphatic carbocycles. The summed E-state index contributed by atoms with van der Waals surface area (Å²) in [5.41, 5.74) is 5.41. The van der Waals surface area contributed by atoms with Crippen molar-refractivity contribution in [1.82, 2.24) is 24.9 Å². The van der Waals surface area contributed by atoms with Crippen molar-refractivity contribution in [2.75, 3.05) is 50.3 Å². The molecule has 0 unspecified atom stereocenters. The van der Waals surface area contributed by atoms with Crippen LogP contribution in [0, 0.1) is 0 Å². The second-order valence-electron chi connectivity index (χ2n) is 12.9. The molecule has 4 aliphatic rings. The van der Waals surface area contributed by atoms with Crippen molar-refractivity contribution in [3.63, 3.8) is 0 Å². The largest absolute Gasteiger partial charge is 0.418 e. The van der Waals surface area contributed by atoms with Crippen LogP contribution in [0.1, 0.15) is 60.9 Å². The van der Waals surface area contributed by atoms with Gasteiger partial charge >= 0.3 is 18.2 Å². The van der Waals surface area contributed by atoms with Crippen molar-refractivity contribution < 1.29 is 27.6 Å². The Labute approximate surface area is 284 Å². The quantitative estimate of drug-likeness (QED) is 0.328. The normalized spacial score (nSPS) is 20.9. The fourth-order valence-electron chi connectivity index (χ4n) is 7.32. The topological polar surface area (TPSA) is 114 Å². The third kappa shape index (κ3) is 7.67. The maximum Gasteiger partial charge on any atom is 0.418 e. The second kappa shape index (κ2) is 14.2. The van der Waals surface area contributed by atoms with E-state index in [0.29, 0.717) is 51.6 Å². The summed E-state index contributed by atoms with van der Waals surface area (Å²) in [6.45, 7) is 4.48. The van der Waals surface area contributed by atoms with Crippen LogP contribution in [0.25, 0.3) is 0 Å². The number of carbonyl (C=O) groups is 3. The summed E-state index contributed by atoms with van der Waals surface area (Å²) in [4.78, 5) is 49.1. The molecule has 2 aromatic rings. The first-order valence-electron chi connectivity index (χ1n) is 16.4. The molecule has 3 saturated heterocycles. The van der Waals surface area contributed by atoms with Gasteiger partial charge in [0.2, 0.25) is 5.91 Å². The number of likely N-dealkylation sites (tertiary alicyclic amines) is 3. The first-order chi connectivity index (χ1) is 22.5. The van der Waals surface area contributed by atoms with E-state index in [1.54, 1.807) is 21.1 Å². The van der Waals surface area contributed by atoms with Gasteiger partial charge in [0.25, 0.3) is 0 Å². The summed E-state index contributed by atoms with van der Waals surface area (Å²) in [5, 5.41) is 7.76. The lowest BCUT2D eigenvalue weighted by Gasteiger charge is -2.41. The predicted octanol–water partition coefficient (Wildman–Crippen LogP) is 5.72. The van der Waals surface area contributed by atoms with Crippen molar-refractivity contribution >= 4 is 56.6 Å². The SMILES string of the molecule is Nc1c(Br)cc(C[C@@H](NC(=O)N2CCC(N3Cc4sccc4NC3=O)CC2)C(=O)N2CCC(N3CCCCC3)CC2)cc1C(F)(F)F. The highest BCUT2D eigenvalue weighted by atomic mass is 79.9. The van der Waals surface area contributed by atoms with Gasteiger partial charge in [-0.25, -0.2) is 9.59 Å². The third-order valence-corrected chi connectivity index (χ3v) is 11.5. The van der Waals surface area contributed by atoms with Crippen LogP contribution < -0.4 is 16.4 Å². The van der Waals surface area contributed by atoms with Crippen molar-refractivity contribution in [2.24, 2.45) is 0 Å². The molecule has 3 fully saturated rings. The van der Waals surface area contributed by atoms with Crippen LogP contribution in [-0.2, 0) is 23.9 Å². The number of nitrogen functional groups attached to an aromatic ring is 1. The number of halogens is 4. The zero-order valence-electron chi connectivity index (χ0n) is 26.2. The number of carbonyl (C=O) groups excluding carboxylic acids is 3. The molecule has 0 bridgehead atoms. The number of nitrogens with zero attached hydrogens (tertiary/aromatic N) is 4. The number of benzene rings is 1. The molecule has 4 aliphatic heterocycles. The van der Waals surface area contributed by atoms with Gasteiger partial charge in [0.1, 0.15) is 6.04 Å². The summed E-state index contributed by atoms with van der Waals surface area (Å²) in [5.74, 6) is -0.302. The van der Waals surface area contributed by atoms with E-state index in [9.17, 15) is 27.6 Å². The molecule has 0 spiro atoms. The number of urea groups is 2. The highest BCUT2D eigenvalue weighted by Gasteiger charge is 2.38. The number of alkyl halides is 3. The molecular formula is C32H41BrF3N7O3S. The highest BCUT2D eigenvalue weighted by Crippen LogP contribution is 2.38. The Balaban J connectivity index is 1.13. The minimum absolute atomic E-state index is 0.0409.